The highest BCUT2D eigenvalue weighted by atomic mass is 16.3. The van der Waals surface area contributed by atoms with Crippen LogP contribution in [-0.4, -0.2) is 50.9 Å². The molecule has 26 heavy (non-hydrogen) atoms. The van der Waals surface area contributed by atoms with Crippen molar-refractivity contribution in [1.82, 2.24) is 19.7 Å². The maximum atomic E-state index is 10.6. The number of fused-ring (bicyclic) bond motifs is 1. The Morgan fingerprint density at radius 1 is 1.38 bits per heavy atom. The number of aliphatic hydroxyl groups is 1. The van der Waals surface area contributed by atoms with Crippen molar-refractivity contribution in [2.75, 3.05) is 13.6 Å². The fourth-order valence-corrected chi connectivity index (χ4v) is 2.64. The van der Waals surface area contributed by atoms with Crippen molar-refractivity contribution < 1.29 is 9.90 Å². The van der Waals surface area contributed by atoms with Crippen LogP contribution < -0.4 is 0 Å². The van der Waals surface area contributed by atoms with Gasteiger partial charge in [-0.3, -0.25) is 9.78 Å². The van der Waals surface area contributed by atoms with E-state index in [4.69, 9.17) is 0 Å². The van der Waals surface area contributed by atoms with Gasteiger partial charge in [-0.25, -0.2) is 4.68 Å². The van der Waals surface area contributed by atoms with Crippen molar-refractivity contribution in [1.29, 1.82) is 0 Å². The number of carbonyl (C=O) groups excluding carboxylic acids is 1. The van der Waals surface area contributed by atoms with Crippen molar-refractivity contribution >= 4 is 17.3 Å². The summed E-state index contributed by atoms with van der Waals surface area (Å²) in [6.07, 6.45) is 3.92. The summed E-state index contributed by atoms with van der Waals surface area (Å²) in [5, 5.41) is 15.6. The topological polar surface area (TPSA) is 71.2 Å². The van der Waals surface area contributed by atoms with Gasteiger partial charge >= 0.3 is 0 Å². The summed E-state index contributed by atoms with van der Waals surface area (Å²) < 4.78 is 1.87. The number of pyridine rings is 1. The fourth-order valence-electron chi connectivity index (χ4n) is 2.64. The number of carbonyl (C=O) groups is 1. The summed E-state index contributed by atoms with van der Waals surface area (Å²) in [5.74, 6) is 5.81. The minimum absolute atomic E-state index is 0.415. The molecule has 0 spiro atoms. The number of aryl methyl sites for hydroxylation is 1. The maximum absolute atomic E-state index is 10.6. The van der Waals surface area contributed by atoms with Crippen LogP contribution in [-0.2, 0) is 4.79 Å². The van der Waals surface area contributed by atoms with Gasteiger partial charge in [-0.2, -0.15) is 5.10 Å². The molecule has 1 aromatic carbocycles. The van der Waals surface area contributed by atoms with Gasteiger partial charge in [0, 0.05) is 43.4 Å². The molecule has 1 unspecified atom stereocenters. The molecular formula is C20H20N4O2. The van der Waals surface area contributed by atoms with Gasteiger partial charge in [0.05, 0.1) is 16.9 Å². The average molecular weight is 348 g/mol. The highest BCUT2D eigenvalue weighted by Gasteiger charge is 2.09. The minimum atomic E-state index is -0.778. The molecule has 3 aromatic rings. The van der Waals surface area contributed by atoms with Crippen LogP contribution in [0.2, 0.25) is 0 Å². The predicted molar refractivity (Wildman–Crippen MR) is 99.8 cm³/mol. The third-order valence-electron chi connectivity index (χ3n) is 4.08. The Bertz CT molecular complexity index is 984. The third kappa shape index (κ3) is 3.90. The highest BCUT2D eigenvalue weighted by molar-refractivity contribution is 5.82. The predicted octanol–water partition coefficient (Wildman–Crippen LogP) is 1.92. The van der Waals surface area contributed by atoms with Gasteiger partial charge < -0.3 is 10.0 Å². The fraction of sp³-hybridized carbons (Fsp3) is 0.250. The Balaban J connectivity index is 1.83. The third-order valence-corrected chi connectivity index (χ3v) is 4.08. The van der Waals surface area contributed by atoms with Crippen LogP contribution in [0, 0.1) is 18.8 Å². The first-order chi connectivity index (χ1) is 12.6. The summed E-state index contributed by atoms with van der Waals surface area (Å²) in [7, 11) is 1.67. The van der Waals surface area contributed by atoms with Gasteiger partial charge in [0.2, 0.25) is 6.41 Å². The number of hydrogen-bond acceptors (Lipinski definition) is 4. The van der Waals surface area contributed by atoms with E-state index in [9.17, 15) is 9.90 Å². The molecule has 0 radical (unpaired) electrons. The van der Waals surface area contributed by atoms with E-state index in [0.29, 0.717) is 13.0 Å². The highest BCUT2D eigenvalue weighted by Crippen LogP contribution is 2.21. The van der Waals surface area contributed by atoms with Crippen LogP contribution in [0.1, 0.15) is 17.7 Å². The minimum Gasteiger partial charge on any atom is -0.380 e. The van der Waals surface area contributed by atoms with Crippen molar-refractivity contribution in [3.63, 3.8) is 0 Å². The average Bonchev–Trinajstić information content (AvgIpc) is 3.01. The van der Waals surface area contributed by atoms with Gasteiger partial charge in [0.15, 0.2) is 0 Å². The SMILES string of the molecule is Cc1nn(-c2cccc(C#CC(O)CCN(C)C=O)c2)c2ccncc12. The zero-order valence-corrected chi connectivity index (χ0v) is 14.8. The lowest BCUT2D eigenvalue weighted by Crippen LogP contribution is -2.21. The normalized spacial score (nSPS) is 11.7. The lowest BCUT2D eigenvalue weighted by atomic mass is 10.1. The molecule has 0 aliphatic rings. The number of nitrogens with zero attached hydrogens (tertiary/aromatic N) is 4. The molecule has 0 fully saturated rings. The number of amides is 1. The molecule has 132 valence electrons. The standard InChI is InChI=1S/C20H20N4O2/c1-15-19-13-21-10-8-20(19)24(22-15)17-5-3-4-16(12-17)6-7-18(26)9-11-23(2)14-25/h3-5,8,10,12-14,18,26H,9,11H2,1-2H3. The second-order valence-electron chi connectivity index (χ2n) is 6.10. The number of benzene rings is 1. The molecule has 0 saturated heterocycles. The van der Waals surface area contributed by atoms with E-state index < -0.39 is 6.10 Å². The molecule has 2 aromatic heterocycles. The molecular weight excluding hydrogens is 328 g/mol. The summed E-state index contributed by atoms with van der Waals surface area (Å²) in [6.45, 7) is 2.42. The quantitative estimate of drug-likeness (QED) is 0.565. The van der Waals surface area contributed by atoms with Crippen LogP contribution in [0.4, 0.5) is 0 Å². The monoisotopic (exact) mass is 348 g/mol. The largest absolute Gasteiger partial charge is 0.380 e. The molecule has 1 amide bonds. The van der Waals surface area contributed by atoms with Gasteiger partial charge in [-0.05, 0) is 31.2 Å². The van der Waals surface area contributed by atoms with Crippen LogP contribution in [0.3, 0.4) is 0 Å². The Morgan fingerprint density at radius 2 is 2.23 bits per heavy atom. The Labute approximate surface area is 152 Å². The molecule has 0 saturated carbocycles. The van der Waals surface area contributed by atoms with Crippen LogP contribution in [0.25, 0.3) is 16.6 Å². The van der Waals surface area contributed by atoms with E-state index in [-0.39, 0.29) is 0 Å². The van der Waals surface area contributed by atoms with E-state index >= 15 is 0 Å². The lowest BCUT2D eigenvalue weighted by molar-refractivity contribution is -0.117. The molecule has 6 heteroatoms. The lowest BCUT2D eigenvalue weighted by Gasteiger charge is -2.10. The van der Waals surface area contributed by atoms with Crippen molar-refractivity contribution in [2.24, 2.45) is 0 Å². The van der Waals surface area contributed by atoms with Crippen LogP contribution in [0.15, 0.2) is 42.7 Å². The number of aliphatic hydroxyl groups excluding tert-OH is 1. The Kier molecular flexibility index (Phi) is 5.30. The van der Waals surface area contributed by atoms with Gasteiger partial charge in [-0.15, -0.1) is 0 Å². The van der Waals surface area contributed by atoms with Gasteiger partial charge in [-0.1, -0.05) is 17.9 Å². The Morgan fingerprint density at radius 3 is 3.04 bits per heavy atom. The number of rotatable bonds is 5. The van der Waals surface area contributed by atoms with Gasteiger partial charge in [0.1, 0.15) is 6.10 Å². The molecule has 0 aliphatic heterocycles. The molecule has 0 aliphatic carbocycles. The van der Waals surface area contributed by atoms with Crippen molar-refractivity contribution in [2.45, 2.75) is 19.4 Å². The summed E-state index contributed by atoms with van der Waals surface area (Å²) in [5.41, 5.74) is 3.59. The van der Waals surface area contributed by atoms with Crippen molar-refractivity contribution in [3.8, 4) is 17.5 Å². The van der Waals surface area contributed by atoms with Gasteiger partial charge in [0.25, 0.3) is 0 Å². The van der Waals surface area contributed by atoms with Crippen molar-refractivity contribution in [3.05, 3.63) is 54.0 Å². The first kappa shape index (κ1) is 17.6. The number of hydrogen-bond donors (Lipinski definition) is 1. The number of aromatic nitrogens is 3. The molecule has 2 heterocycles. The van der Waals surface area contributed by atoms with E-state index in [1.54, 1.807) is 13.2 Å². The maximum Gasteiger partial charge on any atom is 0.209 e. The first-order valence-electron chi connectivity index (χ1n) is 8.33. The van der Waals surface area contributed by atoms with E-state index in [2.05, 4.69) is 21.9 Å². The molecule has 1 atom stereocenters. The summed E-state index contributed by atoms with van der Waals surface area (Å²) >= 11 is 0. The van der Waals surface area contributed by atoms with E-state index in [0.717, 1.165) is 34.3 Å². The second kappa shape index (κ2) is 7.81. The first-order valence-corrected chi connectivity index (χ1v) is 8.33. The second-order valence-corrected chi connectivity index (χ2v) is 6.10. The molecule has 0 bridgehead atoms. The van der Waals surface area contributed by atoms with E-state index in [1.807, 2.05) is 48.1 Å². The molecule has 1 N–H and O–H groups in total. The smallest absolute Gasteiger partial charge is 0.209 e. The summed E-state index contributed by atoms with van der Waals surface area (Å²) in [4.78, 5) is 16.2. The van der Waals surface area contributed by atoms with E-state index in [1.165, 1.54) is 4.90 Å². The zero-order chi connectivity index (χ0) is 18.5. The molecule has 6 nitrogen and oxygen atoms in total. The van der Waals surface area contributed by atoms with Crippen LogP contribution in [0.5, 0.6) is 0 Å². The summed E-state index contributed by atoms with van der Waals surface area (Å²) in [6, 6.07) is 9.63. The van der Waals surface area contributed by atoms with Crippen LogP contribution >= 0.6 is 0 Å². The molecule has 3 rings (SSSR count). The zero-order valence-electron chi connectivity index (χ0n) is 14.8. The Hall–Kier alpha value is -3.17.